The second kappa shape index (κ2) is 11.0. The van der Waals surface area contributed by atoms with Gasteiger partial charge in [-0.2, -0.15) is 0 Å². The number of piperazine rings is 1. The summed E-state index contributed by atoms with van der Waals surface area (Å²) in [4.78, 5) is 52.5. The van der Waals surface area contributed by atoms with Crippen LogP contribution >= 0.6 is 24.0 Å². The molecule has 0 saturated carbocycles. The molecule has 10 nitrogen and oxygen atoms in total. The van der Waals surface area contributed by atoms with Crippen molar-refractivity contribution in [3.8, 4) is 5.69 Å². The zero-order valence-electron chi connectivity index (χ0n) is 23.9. The highest BCUT2D eigenvalue weighted by Gasteiger charge is 2.38. The minimum absolute atomic E-state index is 0.201. The summed E-state index contributed by atoms with van der Waals surface area (Å²) in [6, 6.07) is 13.0. The highest BCUT2D eigenvalue weighted by molar-refractivity contribution is 8.27. The van der Waals surface area contributed by atoms with Gasteiger partial charge in [-0.1, -0.05) is 55.2 Å². The van der Waals surface area contributed by atoms with Gasteiger partial charge in [-0.05, 0) is 50.2 Å². The lowest BCUT2D eigenvalue weighted by Gasteiger charge is -2.35. The fourth-order valence-electron chi connectivity index (χ4n) is 5.55. The Hall–Kier alpha value is -4.00. The molecule has 42 heavy (non-hydrogen) atoms. The van der Waals surface area contributed by atoms with Gasteiger partial charge in [0.25, 0.3) is 17.0 Å². The number of hydrogen-bond acceptors (Lipinski definition) is 8. The summed E-state index contributed by atoms with van der Waals surface area (Å²) in [5, 5.41) is 0. The van der Waals surface area contributed by atoms with Crippen LogP contribution in [0.2, 0.25) is 0 Å². The van der Waals surface area contributed by atoms with E-state index in [0.717, 1.165) is 37.0 Å². The SMILES string of the molecule is CCN1CCN(c2nc3c(C)cccn3c(=O)c2/C=C2/SC(=S)N(c3c(C)n(C)n(-c4ccccc4)c3=O)C2=O)CC1. The third-order valence-corrected chi connectivity index (χ3v) is 9.30. The summed E-state index contributed by atoms with van der Waals surface area (Å²) in [6.07, 6.45) is 3.29. The van der Waals surface area contributed by atoms with Crippen molar-refractivity contribution in [2.75, 3.05) is 42.5 Å². The smallest absolute Gasteiger partial charge is 0.296 e. The molecular weight excluding hydrogens is 571 g/mol. The molecule has 0 atom stereocenters. The molecule has 0 bridgehead atoms. The Morgan fingerprint density at radius 1 is 0.976 bits per heavy atom. The number of pyridine rings is 1. The maximum absolute atomic E-state index is 13.9. The van der Waals surface area contributed by atoms with Crippen molar-refractivity contribution in [3.05, 3.63) is 91.1 Å². The number of nitrogens with zero attached hydrogens (tertiary/aromatic N) is 7. The van der Waals surface area contributed by atoms with Crippen LogP contribution in [0, 0.1) is 13.8 Å². The van der Waals surface area contributed by atoms with E-state index >= 15 is 0 Å². The molecule has 3 aromatic heterocycles. The van der Waals surface area contributed by atoms with Crippen molar-refractivity contribution in [1.29, 1.82) is 0 Å². The predicted octanol–water partition coefficient (Wildman–Crippen LogP) is 3.35. The number of para-hydroxylation sites is 1. The monoisotopic (exact) mass is 601 g/mol. The van der Waals surface area contributed by atoms with E-state index in [-0.39, 0.29) is 26.0 Å². The van der Waals surface area contributed by atoms with Crippen molar-refractivity contribution >= 4 is 57.4 Å². The van der Waals surface area contributed by atoms with Gasteiger partial charge in [0, 0.05) is 39.4 Å². The van der Waals surface area contributed by atoms with Crippen LogP contribution in [-0.4, -0.2) is 66.6 Å². The van der Waals surface area contributed by atoms with E-state index in [0.29, 0.717) is 41.5 Å². The topological polar surface area (TPSA) is 88.1 Å². The summed E-state index contributed by atoms with van der Waals surface area (Å²) in [5.41, 5.74) is 2.66. The van der Waals surface area contributed by atoms with E-state index < -0.39 is 5.91 Å². The molecule has 0 radical (unpaired) electrons. The Morgan fingerprint density at radius 3 is 2.38 bits per heavy atom. The second-order valence-corrected chi connectivity index (χ2v) is 12.1. The third kappa shape index (κ3) is 4.59. The number of rotatable bonds is 5. The number of benzene rings is 1. The van der Waals surface area contributed by atoms with Gasteiger partial charge in [0.2, 0.25) is 0 Å². The maximum Gasteiger partial charge on any atom is 0.296 e. The Labute approximate surface area is 252 Å². The normalized spacial score (nSPS) is 17.3. The molecule has 216 valence electrons. The zero-order chi connectivity index (χ0) is 29.7. The molecule has 0 spiro atoms. The lowest BCUT2D eigenvalue weighted by molar-refractivity contribution is -0.113. The molecule has 4 aromatic rings. The molecule has 0 N–H and O–H groups in total. The number of thiocarbonyl (C=S) groups is 1. The van der Waals surface area contributed by atoms with Crippen LogP contribution in [0.15, 0.2) is 63.2 Å². The third-order valence-electron chi connectivity index (χ3n) is 8.00. The van der Waals surface area contributed by atoms with E-state index in [1.807, 2.05) is 49.4 Å². The molecule has 1 amide bonds. The van der Waals surface area contributed by atoms with E-state index in [1.165, 1.54) is 14.0 Å². The maximum atomic E-state index is 13.9. The number of anilines is 2. The number of aryl methyl sites for hydroxylation is 1. The average molecular weight is 602 g/mol. The van der Waals surface area contributed by atoms with Crippen LogP contribution in [0.25, 0.3) is 17.4 Å². The van der Waals surface area contributed by atoms with Crippen LogP contribution in [0.5, 0.6) is 0 Å². The highest BCUT2D eigenvalue weighted by atomic mass is 32.2. The summed E-state index contributed by atoms with van der Waals surface area (Å²) < 4.78 is 4.99. The summed E-state index contributed by atoms with van der Waals surface area (Å²) >= 11 is 6.73. The summed E-state index contributed by atoms with van der Waals surface area (Å²) in [6.45, 7) is 9.95. The van der Waals surface area contributed by atoms with E-state index in [9.17, 15) is 14.4 Å². The number of fused-ring (bicyclic) bond motifs is 1. The Bertz CT molecular complexity index is 1880. The Kier molecular flexibility index (Phi) is 7.37. The number of carbonyl (C=O) groups excluding carboxylic acids is 1. The number of aromatic nitrogens is 4. The number of carbonyl (C=O) groups is 1. The molecule has 6 rings (SSSR count). The molecule has 12 heteroatoms. The number of amides is 1. The standard InChI is InChI=1S/C30H31N7O3S2/c1-5-33-14-16-34(17-15-33)26-22(27(38)35-13-9-10-19(2)25(35)31-26)18-23-28(39)36(30(41)42-23)24-20(3)32(4)37(29(24)40)21-11-7-6-8-12-21/h6-13,18H,5,14-17H2,1-4H3/b23-18+. The lowest BCUT2D eigenvalue weighted by Crippen LogP contribution is -2.47. The van der Waals surface area contributed by atoms with Crippen LogP contribution < -0.4 is 20.9 Å². The van der Waals surface area contributed by atoms with Gasteiger partial charge < -0.3 is 9.80 Å². The van der Waals surface area contributed by atoms with Gasteiger partial charge in [-0.25, -0.2) is 9.67 Å². The first-order valence-corrected chi connectivity index (χ1v) is 15.0. The molecule has 2 fully saturated rings. The van der Waals surface area contributed by atoms with Crippen molar-refractivity contribution < 1.29 is 4.79 Å². The van der Waals surface area contributed by atoms with Crippen LogP contribution in [0.3, 0.4) is 0 Å². The van der Waals surface area contributed by atoms with Gasteiger partial charge in [0.05, 0.1) is 21.8 Å². The second-order valence-electron chi connectivity index (χ2n) is 10.4. The molecular formula is C30H31N7O3S2. The fraction of sp³-hybridized carbons (Fsp3) is 0.300. The average Bonchev–Trinajstić information content (AvgIpc) is 3.39. The van der Waals surface area contributed by atoms with Crippen LogP contribution in [0.4, 0.5) is 11.5 Å². The number of likely N-dealkylation sites (N-methyl/N-ethyl adjacent to an activating group) is 1. The molecule has 2 aliphatic heterocycles. The number of thioether (sulfide) groups is 1. The van der Waals surface area contributed by atoms with Gasteiger partial charge in [-0.15, -0.1) is 0 Å². The Morgan fingerprint density at radius 2 is 1.69 bits per heavy atom. The van der Waals surface area contributed by atoms with E-state index in [4.69, 9.17) is 17.2 Å². The van der Waals surface area contributed by atoms with Crippen molar-refractivity contribution in [3.63, 3.8) is 0 Å². The van der Waals surface area contributed by atoms with Gasteiger partial charge >= 0.3 is 0 Å². The molecule has 2 saturated heterocycles. The van der Waals surface area contributed by atoms with Gasteiger partial charge in [0.1, 0.15) is 17.2 Å². The van der Waals surface area contributed by atoms with Crippen molar-refractivity contribution in [2.24, 2.45) is 7.05 Å². The minimum atomic E-state index is -0.438. The Balaban J connectivity index is 1.46. The van der Waals surface area contributed by atoms with Crippen molar-refractivity contribution in [2.45, 2.75) is 20.8 Å². The summed E-state index contributed by atoms with van der Waals surface area (Å²) in [5.74, 6) is 0.115. The van der Waals surface area contributed by atoms with Crippen LogP contribution in [0.1, 0.15) is 23.7 Å². The van der Waals surface area contributed by atoms with E-state index in [1.54, 1.807) is 30.9 Å². The highest BCUT2D eigenvalue weighted by Crippen LogP contribution is 2.37. The predicted molar refractivity (Wildman–Crippen MR) is 172 cm³/mol. The molecule has 2 aliphatic rings. The van der Waals surface area contributed by atoms with E-state index in [2.05, 4.69) is 16.7 Å². The van der Waals surface area contributed by atoms with Gasteiger partial charge in [0.15, 0.2) is 4.32 Å². The molecule has 0 unspecified atom stereocenters. The largest absolute Gasteiger partial charge is 0.353 e. The minimum Gasteiger partial charge on any atom is -0.353 e. The number of hydrogen-bond donors (Lipinski definition) is 0. The van der Waals surface area contributed by atoms with Crippen LogP contribution in [-0.2, 0) is 11.8 Å². The summed E-state index contributed by atoms with van der Waals surface area (Å²) in [7, 11) is 1.77. The first kappa shape index (κ1) is 28.1. The lowest BCUT2D eigenvalue weighted by atomic mass is 10.2. The zero-order valence-corrected chi connectivity index (χ0v) is 25.5. The quantitative estimate of drug-likeness (QED) is 0.254. The molecule has 5 heterocycles. The first-order chi connectivity index (χ1) is 20.2. The fourth-order valence-corrected chi connectivity index (χ4v) is 6.80. The van der Waals surface area contributed by atoms with Gasteiger partial charge in [-0.3, -0.25) is 28.4 Å². The first-order valence-electron chi connectivity index (χ1n) is 13.8. The van der Waals surface area contributed by atoms with Crippen molar-refractivity contribution in [1.82, 2.24) is 23.6 Å². The molecule has 0 aliphatic carbocycles. The molecule has 1 aromatic carbocycles.